The second-order valence-corrected chi connectivity index (χ2v) is 5.80. The number of hydrogen-bond acceptors (Lipinski definition) is 14. The maximum Gasteiger partial charge on any atom is 0.507 e. The first-order valence-electron chi connectivity index (χ1n) is 10.2. The number of carbonyl (C=O) groups is 6. The van der Waals surface area contributed by atoms with E-state index in [4.69, 9.17) is 9.84 Å². The van der Waals surface area contributed by atoms with Gasteiger partial charge in [-0.3, -0.25) is 14.3 Å². The highest BCUT2D eigenvalue weighted by Crippen LogP contribution is 2.06. The Morgan fingerprint density at radius 3 is 1.57 bits per heavy atom. The smallest absolute Gasteiger partial charge is 0.467 e. The maximum atomic E-state index is 10.5. The van der Waals surface area contributed by atoms with Crippen LogP contribution in [0.2, 0.25) is 0 Å². The van der Waals surface area contributed by atoms with Crippen molar-refractivity contribution in [2.45, 2.75) is 52.6 Å². The Hall–Kier alpha value is -2.76. The highest BCUT2D eigenvalue weighted by atomic mass is 127. The van der Waals surface area contributed by atoms with Crippen LogP contribution in [0, 0.1) is 0 Å². The van der Waals surface area contributed by atoms with Gasteiger partial charge in [0.25, 0.3) is 0 Å². The summed E-state index contributed by atoms with van der Waals surface area (Å²) in [5.41, 5.74) is 0. The average molecular weight is 664 g/mol. The lowest BCUT2D eigenvalue weighted by atomic mass is 10.2. The monoisotopic (exact) mass is 664 g/mol. The van der Waals surface area contributed by atoms with Crippen LogP contribution in [0.3, 0.4) is 0 Å². The summed E-state index contributed by atoms with van der Waals surface area (Å²) in [6.07, 6.45) is 2.18. The van der Waals surface area contributed by atoms with Crippen LogP contribution in [0.4, 0.5) is 9.50 Å². The van der Waals surface area contributed by atoms with Gasteiger partial charge in [0.05, 0.1) is 48.8 Å². The Bertz CT molecular complexity index is 591. The van der Waals surface area contributed by atoms with Gasteiger partial charge in [-0.05, 0) is 33.1 Å². The van der Waals surface area contributed by atoms with Crippen LogP contribution in [-0.4, -0.2) is 96.0 Å². The lowest BCUT2D eigenvalue weighted by Crippen LogP contribution is -2.16. The van der Waals surface area contributed by atoms with E-state index in [0.717, 1.165) is 33.5 Å². The molecule has 0 unspecified atom stereocenters. The van der Waals surface area contributed by atoms with Gasteiger partial charge in [0.15, 0.2) is 0 Å². The second kappa shape index (κ2) is 35.4. The quantitative estimate of drug-likeness (QED) is 0.195. The zero-order valence-corrected chi connectivity index (χ0v) is 24.7. The second-order valence-electron chi connectivity index (χ2n) is 5.80. The summed E-state index contributed by atoms with van der Waals surface area (Å²) < 4.78 is 29.3. The Balaban J connectivity index is -0.0000000624. The van der Waals surface area contributed by atoms with E-state index in [1.54, 1.807) is 6.92 Å². The van der Waals surface area contributed by atoms with E-state index in [9.17, 15) is 28.8 Å². The molecule has 1 heterocycles. The number of carbonyl (C=O) groups excluding carboxylic acids is 6. The number of aliphatic hydroxyl groups excluding tert-OH is 1. The largest absolute Gasteiger partial charge is 0.507 e. The first-order valence-corrected chi connectivity index (χ1v) is 10.2. The fraction of sp³-hybridized carbons (Fsp3) is 0.714. The molecule has 0 saturated carbocycles. The third kappa shape index (κ3) is 43.7. The SMILES string of the molecule is CCOC(C)=O.COC(=O)C(=O)OC.COC(=O)OC.COC(=O)[C@H](C)O.F.I.O=C1CCCCCO1.[HH]. The summed E-state index contributed by atoms with van der Waals surface area (Å²) in [5, 5.41) is 8.35. The Kier molecular flexibility index (Phi) is 45.4. The molecule has 1 aliphatic rings. The van der Waals surface area contributed by atoms with Crippen LogP contribution in [0.1, 0.15) is 47.9 Å². The van der Waals surface area contributed by atoms with Gasteiger partial charge >= 0.3 is 36.0 Å². The van der Waals surface area contributed by atoms with Crippen LogP contribution < -0.4 is 0 Å². The number of ether oxygens (including phenoxy) is 7. The van der Waals surface area contributed by atoms with Crippen LogP contribution in [0.25, 0.3) is 0 Å². The first-order chi connectivity index (χ1) is 16.4. The Labute approximate surface area is 234 Å². The van der Waals surface area contributed by atoms with Crippen LogP contribution in [-0.2, 0) is 57.1 Å². The van der Waals surface area contributed by atoms with Crippen molar-refractivity contribution >= 4 is 60.0 Å². The summed E-state index contributed by atoms with van der Waals surface area (Å²) >= 11 is 0. The number of methoxy groups -OCH3 is 5. The van der Waals surface area contributed by atoms with Gasteiger partial charge in [-0.2, -0.15) is 0 Å². The van der Waals surface area contributed by atoms with Crippen molar-refractivity contribution in [1.29, 1.82) is 0 Å². The van der Waals surface area contributed by atoms with E-state index in [2.05, 4.69) is 28.4 Å². The number of esters is 5. The van der Waals surface area contributed by atoms with Gasteiger partial charge in [0.2, 0.25) is 0 Å². The minimum absolute atomic E-state index is 0. The minimum atomic E-state index is -0.995. The van der Waals surface area contributed by atoms with E-state index in [1.807, 2.05) is 0 Å². The molecule has 1 fully saturated rings. The summed E-state index contributed by atoms with van der Waals surface area (Å²) in [6.45, 7) is 5.64. The topological polar surface area (TPSA) is 187 Å². The highest BCUT2D eigenvalue weighted by molar-refractivity contribution is 14.0. The standard InChI is InChI=1S/C6H10O2.C4H6O4.C4H8O3.C4H8O2.C3H6O3.FH.HI.H2/c7-6-4-2-1-3-5-8-6;1-7-3(5)4(6)8-2;1-3(5)4(6)7-2;1-3-6-4(2)5;1-5-3(4)6-2;;;/h1-5H2;1-2H3;3,5H,1-2H3;3H2,1-2H3;1-2H3;3*1H/t;;3-;;;;;/m..0...../s1. The van der Waals surface area contributed by atoms with Gasteiger partial charge in [-0.1, -0.05) is 0 Å². The molecule has 16 heteroatoms. The van der Waals surface area contributed by atoms with Gasteiger partial charge in [-0.25, -0.2) is 19.2 Å². The molecule has 0 aromatic heterocycles. The minimum Gasteiger partial charge on any atom is -0.467 e. The molecular formula is C21H42FIO14. The molecule has 0 aromatic carbocycles. The Morgan fingerprint density at radius 2 is 1.35 bits per heavy atom. The summed E-state index contributed by atoms with van der Waals surface area (Å²) in [4.78, 5) is 60.1. The summed E-state index contributed by atoms with van der Waals surface area (Å²) in [7, 11) is 5.96. The molecule has 37 heavy (non-hydrogen) atoms. The van der Waals surface area contributed by atoms with Crippen molar-refractivity contribution < 1.29 is 73.2 Å². The molecule has 1 saturated heterocycles. The van der Waals surface area contributed by atoms with Crippen molar-refractivity contribution in [1.82, 2.24) is 0 Å². The predicted molar refractivity (Wildman–Crippen MR) is 139 cm³/mol. The van der Waals surface area contributed by atoms with Crippen LogP contribution in [0.15, 0.2) is 0 Å². The summed E-state index contributed by atoms with van der Waals surface area (Å²) in [6, 6.07) is 0. The van der Waals surface area contributed by atoms with Crippen molar-refractivity contribution in [3.8, 4) is 0 Å². The average Bonchev–Trinajstić information content (AvgIpc) is 3.10. The molecule has 0 radical (unpaired) electrons. The molecule has 0 aliphatic carbocycles. The molecule has 224 valence electrons. The molecule has 0 amide bonds. The summed E-state index contributed by atoms with van der Waals surface area (Å²) in [5.74, 6) is -2.79. The molecule has 0 spiro atoms. The van der Waals surface area contributed by atoms with Gasteiger partial charge in [0.1, 0.15) is 6.10 Å². The zero-order chi connectivity index (χ0) is 28.2. The van der Waals surface area contributed by atoms with Crippen molar-refractivity contribution in [3.63, 3.8) is 0 Å². The number of rotatable bonds is 2. The molecule has 0 bridgehead atoms. The van der Waals surface area contributed by atoms with Crippen molar-refractivity contribution in [3.05, 3.63) is 0 Å². The molecule has 1 rings (SSSR count). The number of aliphatic hydroxyl groups is 1. The van der Waals surface area contributed by atoms with Crippen molar-refractivity contribution in [2.24, 2.45) is 0 Å². The van der Waals surface area contributed by atoms with E-state index < -0.39 is 30.2 Å². The highest BCUT2D eigenvalue weighted by Gasteiger charge is 2.12. The molecule has 1 N–H and O–H groups in total. The predicted octanol–water partition coefficient (Wildman–Crippen LogP) is 1.96. The Morgan fingerprint density at radius 1 is 0.892 bits per heavy atom. The number of halogens is 2. The van der Waals surface area contributed by atoms with E-state index in [1.165, 1.54) is 35.2 Å². The van der Waals surface area contributed by atoms with Crippen molar-refractivity contribution in [2.75, 3.05) is 48.8 Å². The lowest BCUT2D eigenvalue weighted by molar-refractivity contribution is -0.164. The maximum absolute atomic E-state index is 10.5. The zero-order valence-electron chi connectivity index (χ0n) is 22.4. The van der Waals surface area contributed by atoms with E-state index >= 15 is 0 Å². The van der Waals surface area contributed by atoms with Gasteiger partial charge in [-0.15, -0.1) is 24.0 Å². The van der Waals surface area contributed by atoms with Crippen LogP contribution in [0.5, 0.6) is 0 Å². The molecule has 0 aromatic rings. The molecule has 1 atom stereocenters. The normalized spacial score (nSPS) is 11.2. The van der Waals surface area contributed by atoms with E-state index in [0.29, 0.717) is 19.6 Å². The van der Waals surface area contributed by atoms with E-state index in [-0.39, 0.29) is 42.0 Å². The lowest BCUT2D eigenvalue weighted by Gasteiger charge is -1.97. The molecule has 1 aliphatic heterocycles. The van der Waals surface area contributed by atoms with Gasteiger partial charge < -0.3 is 38.3 Å². The first kappa shape index (κ1) is 47.4. The third-order valence-electron chi connectivity index (χ3n) is 3.05. The van der Waals surface area contributed by atoms with Crippen LogP contribution >= 0.6 is 24.0 Å². The number of cyclic esters (lactones) is 1. The van der Waals surface area contributed by atoms with Gasteiger partial charge in [0, 0.05) is 14.8 Å². The fourth-order valence-corrected chi connectivity index (χ4v) is 1.43. The fourth-order valence-electron chi connectivity index (χ4n) is 1.43. The third-order valence-corrected chi connectivity index (χ3v) is 3.05. The molecule has 14 nitrogen and oxygen atoms in total. The molecular weight excluding hydrogens is 622 g/mol. The number of hydrogen-bond donors (Lipinski definition) is 1.